The molecule has 0 fully saturated rings. The summed E-state index contributed by atoms with van der Waals surface area (Å²) in [5.41, 5.74) is 0.120. The van der Waals surface area contributed by atoms with Crippen molar-refractivity contribution < 1.29 is 19.6 Å². The molecule has 0 spiro atoms. The van der Waals surface area contributed by atoms with Gasteiger partial charge in [0.2, 0.25) is 0 Å². The summed E-state index contributed by atoms with van der Waals surface area (Å²) in [6.07, 6.45) is 1.20. The molecule has 0 unspecified atom stereocenters. The minimum atomic E-state index is -1.87. The highest BCUT2D eigenvalue weighted by Crippen LogP contribution is 2.19. The van der Waals surface area contributed by atoms with E-state index >= 15 is 0 Å². The van der Waals surface area contributed by atoms with Gasteiger partial charge in [0.25, 0.3) is 0 Å². The van der Waals surface area contributed by atoms with Crippen molar-refractivity contribution in [2.45, 2.75) is 13.8 Å². The molecule has 13 heavy (non-hydrogen) atoms. The predicted molar refractivity (Wildman–Crippen MR) is 46.7 cm³/mol. The van der Waals surface area contributed by atoms with Gasteiger partial charge < -0.3 is 10.0 Å². The summed E-state index contributed by atoms with van der Waals surface area (Å²) in [4.78, 5) is 22.5. The molecule has 0 bridgehead atoms. The average molecular weight is 180 g/mol. The first-order valence-electron chi connectivity index (χ1n) is 3.79. The molecule has 0 aromatic heterocycles. The Labute approximate surface area is 75.7 Å². The molecular formula is C8H9BO4. The first-order chi connectivity index (χ1) is 5.95. The Bertz CT molecular complexity index is 338. The lowest BCUT2D eigenvalue weighted by Gasteiger charge is -2.13. The Morgan fingerprint density at radius 1 is 1.23 bits per heavy atom. The standard InChI is InChI=1S/C8H9BO4/c1-4-3-6(10)5(2)7(8(4)11)9(12)13/h3,12-13H,1-2H3. The number of hydrogen-bond acceptors (Lipinski definition) is 4. The lowest BCUT2D eigenvalue weighted by atomic mass is 9.69. The van der Waals surface area contributed by atoms with E-state index in [9.17, 15) is 9.59 Å². The van der Waals surface area contributed by atoms with Crippen molar-refractivity contribution in [2.75, 3.05) is 0 Å². The van der Waals surface area contributed by atoms with E-state index in [0.29, 0.717) is 0 Å². The molecule has 68 valence electrons. The highest BCUT2D eigenvalue weighted by molar-refractivity contribution is 6.62. The van der Waals surface area contributed by atoms with Crippen molar-refractivity contribution in [2.24, 2.45) is 0 Å². The molecule has 0 amide bonds. The molecule has 0 aliphatic heterocycles. The molecule has 1 aliphatic rings. The maximum absolute atomic E-state index is 11.3. The third-order valence-electron chi connectivity index (χ3n) is 1.98. The molecule has 1 rings (SSSR count). The summed E-state index contributed by atoms with van der Waals surface area (Å²) >= 11 is 0. The van der Waals surface area contributed by atoms with Gasteiger partial charge in [0.1, 0.15) is 0 Å². The van der Waals surface area contributed by atoms with Gasteiger partial charge in [-0.2, -0.15) is 0 Å². The van der Waals surface area contributed by atoms with E-state index in [-0.39, 0.29) is 22.4 Å². The van der Waals surface area contributed by atoms with Crippen molar-refractivity contribution in [1.29, 1.82) is 0 Å². The molecule has 4 nitrogen and oxygen atoms in total. The average Bonchev–Trinajstić information content (AvgIpc) is 2.01. The van der Waals surface area contributed by atoms with Gasteiger partial charge in [-0.15, -0.1) is 0 Å². The van der Waals surface area contributed by atoms with Crippen LogP contribution in [-0.4, -0.2) is 28.7 Å². The second-order valence-corrected chi connectivity index (χ2v) is 2.93. The zero-order valence-corrected chi connectivity index (χ0v) is 7.37. The van der Waals surface area contributed by atoms with E-state index in [0.717, 1.165) is 0 Å². The Hall–Kier alpha value is -1.20. The minimum absolute atomic E-state index is 0.102. The zero-order chi connectivity index (χ0) is 10.2. The number of rotatable bonds is 1. The third-order valence-corrected chi connectivity index (χ3v) is 1.98. The molecule has 0 atom stereocenters. The first-order valence-corrected chi connectivity index (χ1v) is 3.79. The quantitative estimate of drug-likeness (QED) is 0.417. The normalized spacial score (nSPS) is 17.7. The van der Waals surface area contributed by atoms with Crippen molar-refractivity contribution in [3.63, 3.8) is 0 Å². The Kier molecular flexibility index (Phi) is 2.49. The summed E-state index contributed by atoms with van der Waals surface area (Å²) < 4.78 is 0. The van der Waals surface area contributed by atoms with E-state index in [4.69, 9.17) is 10.0 Å². The van der Waals surface area contributed by atoms with Crippen LogP contribution in [0.3, 0.4) is 0 Å². The second kappa shape index (κ2) is 3.28. The largest absolute Gasteiger partial charge is 0.492 e. The van der Waals surface area contributed by atoms with E-state index in [1.165, 1.54) is 19.9 Å². The van der Waals surface area contributed by atoms with Gasteiger partial charge in [-0.3, -0.25) is 9.59 Å². The zero-order valence-electron chi connectivity index (χ0n) is 7.37. The van der Waals surface area contributed by atoms with Gasteiger partial charge in [-0.25, -0.2) is 0 Å². The maximum atomic E-state index is 11.3. The summed E-state index contributed by atoms with van der Waals surface area (Å²) in [6.45, 7) is 2.87. The fourth-order valence-electron chi connectivity index (χ4n) is 1.20. The molecule has 0 aromatic carbocycles. The topological polar surface area (TPSA) is 74.6 Å². The van der Waals surface area contributed by atoms with Crippen LogP contribution in [0.5, 0.6) is 0 Å². The maximum Gasteiger partial charge on any atom is 0.492 e. The van der Waals surface area contributed by atoms with Crippen molar-refractivity contribution in [3.8, 4) is 0 Å². The summed E-state index contributed by atoms with van der Waals surface area (Å²) in [5.74, 6) is -0.827. The molecule has 1 aliphatic carbocycles. The Morgan fingerprint density at radius 2 is 1.77 bits per heavy atom. The number of ketones is 2. The van der Waals surface area contributed by atoms with Crippen molar-refractivity contribution in [1.82, 2.24) is 0 Å². The Morgan fingerprint density at radius 3 is 2.23 bits per heavy atom. The second-order valence-electron chi connectivity index (χ2n) is 2.93. The first kappa shape index (κ1) is 9.89. The van der Waals surface area contributed by atoms with E-state index < -0.39 is 12.9 Å². The monoisotopic (exact) mass is 180 g/mol. The lowest BCUT2D eigenvalue weighted by molar-refractivity contribution is -0.115. The molecule has 0 heterocycles. The number of Topliss-reactive ketones (excluding diaryl/α,β-unsaturated/α-hetero) is 1. The number of carbonyl (C=O) groups excluding carboxylic acids is 2. The van der Waals surface area contributed by atoms with Crippen molar-refractivity contribution >= 4 is 18.7 Å². The fraction of sp³-hybridized carbons (Fsp3) is 0.250. The molecule has 5 heteroatoms. The molecule has 2 N–H and O–H groups in total. The molecule has 0 aromatic rings. The SMILES string of the molecule is CC1=CC(=O)C(C)=C(B(O)O)C1=O. The summed E-state index contributed by atoms with van der Waals surface area (Å²) in [7, 11) is -1.87. The number of carbonyl (C=O) groups is 2. The molecule has 0 radical (unpaired) electrons. The van der Waals surface area contributed by atoms with Crippen LogP contribution in [0.2, 0.25) is 0 Å². The summed E-state index contributed by atoms with van der Waals surface area (Å²) in [5, 5.41) is 17.7. The minimum Gasteiger partial charge on any atom is -0.423 e. The van der Waals surface area contributed by atoms with Crippen LogP contribution >= 0.6 is 0 Å². The van der Waals surface area contributed by atoms with Gasteiger partial charge >= 0.3 is 7.12 Å². The number of hydrogen-bond donors (Lipinski definition) is 2. The van der Waals surface area contributed by atoms with Crippen LogP contribution in [0.25, 0.3) is 0 Å². The van der Waals surface area contributed by atoms with Crippen LogP contribution in [-0.2, 0) is 9.59 Å². The van der Waals surface area contributed by atoms with Crippen LogP contribution in [0.15, 0.2) is 22.7 Å². The Balaban J connectivity index is 3.23. The predicted octanol–water partition coefficient (Wildman–Crippen LogP) is -0.587. The summed E-state index contributed by atoms with van der Waals surface area (Å²) in [6, 6.07) is 0. The number of allylic oxidation sites excluding steroid dienone is 4. The third kappa shape index (κ3) is 1.61. The van der Waals surface area contributed by atoms with Crippen LogP contribution in [0, 0.1) is 0 Å². The van der Waals surface area contributed by atoms with E-state index in [2.05, 4.69) is 0 Å². The van der Waals surface area contributed by atoms with Crippen LogP contribution in [0.4, 0.5) is 0 Å². The van der Waals surface area contributed by atoms with Gasteiger partial charge in [0, 0.05) is 11.0 Å². The molecular weight excluding hydrogens is 171 g/mol. The highest BCUT2D eigenvalue weighted by atomic mass is 16.4. The fourth-order valence-corrected chi connectivity index (χ4v) is 1.20. The van der Waals surface area contributed by atoms with Crippen molar-refractivity contribution in [3.05, 3.63) is 22.7 Å². The van der Waals surface area contributed by atoms with Crippen LogP contribution in [0.1, 0.15) is 13.8 Å². The van der Waals surface area contributed by atoms with Gasteiger partial charge in [0.15, 0.2) is 11.6 Å². The lowest BCUT2D eigenvalue weighted by Crippen LogP contribution is -2.29. The van der Waals surface area contributed by atoms with E-state index in [1.807, 2.05) is 0 Å². The molecule has 0 saturated carbocycles. The smallest absolute Gasteiger partial charge is 0.423 e. The highest BCUT2D eigenvalue weighted by Gasteiger charge is 2.31. The molecule has 0 saturated heterocycles. The van der Waals surface area contributed by atoms with Gasteiger partial charge in [0.05, 0.1) is 0 Å². The van der Waals surface area contributed by atoms with Gasteiger partial charge in [-0.1, -0.05) is 0 Å². The van der Waals surface area contributed by atoms with E-state index in [1.54, 1.807) is 0 Å². The van der Waals surface area contributed by atoms with Gasteiger partial charge in [-0.05, 0) is 25.5 Å². The van der Waals surface area contributed by atoms with Crippen LogP contribution < -0.4 is 0 Å².